The molecule has 0 amide bonds. The van der Waals surface area contributed by atoms with E-state index in [-0.39, 0.29) is 12.0 Å². The molecule has 7 N–H and O–H groups in total. The van der Waals surface area contributed by atoms with Gasteiger partial charge in [-0.1, -0.05) is 0 Å². The lowest BCUT2D eigenvalue weighted by Gasteiger charge is -2.38. The third kappa shape index (κ3) is 6.72. The number of H-pyrrole nitrogens is 1. The number of aromatic nitrogens is 2. The summed E-state index contributed by atoms with van der Waals surface area (Å²) >= 11 is 0. The molecule has 0 aromatic carbocycles. The number of hydrogen-bond donors (Lipinski definition) is 7. The van der Waals surface area contributed by atoms with Crippen LogP contribution in [0.2, 0.25) is 0 Å². The standard InChI is InChI=1S/C16H26N2O15P2/c1-6-4-18(16(24)17-14(6)23)10-3-8(19)9(31-10)5-29-34(25,26)33-35(27,28)32-15-13(22)12(21)11(20)7(2)30-15/h4,7-13,15,19-22H,3,5H2,1-2H3,(H,25,26)(H,27,28)(H,17,23,24)/t7-,8+,9-,10-,11-,12-,13-,15-/m1/s1. The summed E-state index contributed by atoms with van der Waals surface area (Å²) in [4.78, 5) is 45.2. The Morgan fingerprint density at radius 1 is 1.09 bits per heavy atom. The van der Waals surface area contributed by atoms with Crippen molar-refractivity contribution in [1.29, 1.82) is 0 Å². The fourth-order valence-corrected chi connectivity index (χ4v) is 5.57. The first-order valence-electron chi connectivity index (χ1n) is 10.2. The Morgan fingerprint density at radius 3 is 2.40 bits per heavy atom. The maximum atomic E-state index is 12.2. The lowest BCUT2D eigenvalue weighted by Crippen LogP contribution is -2.57. The van der Waals surface area contributed by atoms with Crippen LogP contribution in [0.1, 0.15) is 25.1 Å². The van der Waals surface area contributed by atoms with Gasteiger partial charge >= 0.3 is 21.3 Å². The van der Waals surface area contributed by atoms with E-state index in [1.165, 1.54) is 20.0 Å². The molecule has 35 heavy (non-hydrogen) atoms. The zero-order valence-corrected chi connectivity index (χ0v) is 20.1. The van der Waals surface area contributed by atoms with Crippen LogP contribution >= 0.6 is 15.6 Å². The van der Waals surface area contributed by atoms with Crippen LogP contribution in [0.3, 0.4) is 0 Å². The number of aryl methyl sites for hydroxylation is 1. The molecule has 2 aliphatic heterocycles. The van der Waals surface area contributed by atoms with Crippen molar-refractivity contribution in [3.05, 3.63) is 32.6 Å². The molecule has 3 rings (SSSR count). The van der Waals surface area contributed by atoms with Crippen molar-refractivity contribution in [3.8, 4) is 0 Å². The van der Waals surface area contributed by atoms with Gasteiger partial charge in [0.05, 0.1) is 18.8 Å². The average Bonchev–Trinajstić information content (AvgIpc) is 3.11. The topological polar surface area (TPSA) is 257 Å². The highest BCUT2D eigenvalue weighted by molar-refractivity contribution is 7.61. The van der Waals surface area contributed by atoms with Gasteiger partial charge in [-0.25, -0.2) is 13.9 Å². The van der Waals surface area contributed by atoms with Crippen LogP contribution in [-0.2, 0) is 32.0 Å². The average molecular weight is 548 g/mol. The molecule has 17 nitrogen and oxygen atoms in total. The molecule has 1 aromatic heterocycles. The van der Waals surface area contributed by atoms with Gasteiger partial charge < -0.3 is 39.7 Å². The van der Waals surface area contributed by atoms with E-state index >= 15 is 0 Å². The quantitative estimate of drug-likeness (QED) is 0.167. The predicted octanol–water partition coefficient (Wildman–Crippen LogP) is -2.43. The summed E-state index contributed by atoms with van der Waals surface area (Å²) in [6.07, 6.45) is -11.0. The van der Waals surface area contributed by atoms with Gasteiger partial charge in [-0.05, 0) is 13.8 Å². The molecular formula is C16H26N2O15P2. The van der Waals surface area contributed by atoms with Crippen molar-refractivity contribution in [2.75, 3.05) is 6.61 Å². The third-order valence-corrected chi connectivity index (χ3v) is 7.91. The maximum Gasteiger partial charge on any atom is 0.483 e. The second-order valence-electron chi connectivity index (χ2n) is 8.01. The van der Waals surface area contributed by atoms with Crippen LogP contribution in [0, 0.1) is 6.92 Å². The summed E-state index contributed by atoms with van der Waals surface area (Å²) in [5, 5.41) is 39.3. The monoisotopic (exact) mass is 548 g/mol. The minimum absolute atomic E-state index is 0.152. The van der Waals surface area contributed by atoms with E-state index in [2.05, 4.69) is 18.3 Å². The molecule has 0 radical (unpaired) electrons. The molecular weight excluding hydrogens is 522 g/mol. The van der Waals surface area contributed by atoms with Gasteiger partial charge in [0.25, 0.3) is 5.56 Å². The Balaban J connectivity index is 1.59. The number of aromatic amines is 1. The SMILES string of the molecule is Cc1cn([C@H]2C[C@H](O)[C@@H](COP(=O)(O)OP(=O)(O)O[C@H]3O[C@H](C)[C@@H](O)[C@@H](O)[C@H]3O)O2)c(=O)[nH]c1=O. The van der Waals surface area contributed by atoms with Gasteiger partial charge in [-0.15, -0.1) is 0 Å². The number of nitrogens with one attached hydrogen (secondary N) is 1. The first-order valence-corrected chi connectivity index (χ1v) is 13.1. The lowest BCUT2D eigenvalue weighted by molar-refractivity contribution is -0.271. The fourth-order valence-electron chi connectivity index (χ4n) is 3.41. The van der Waals surface area contributed by atoms with E-state index in [0.717, 1.165) is 4.57 Å². The molecule has 1 aromatic rings. The smallest absolute Gasteiger partial charge is 0.390 e. The fraction of sp³-hybridized carbons (Fsp3) is 0.750. The Kier molecular flexibility index (Phi) is 8.56. The molecule has 200 valence electrons. The molecule has 0 saturated carbocycles. The van der Waals surface area contributed by atoms with Gasteiger partial charge in [0.1, 0.15) is 30.6 Å². The van der Waals surface area contributed by atoms with Crippen LogP contribution in [0.15, 0.2) is 15.8 Å². The van der Waals surface area contributed by atoms with Crippen LogP contribution in [-0.4, -0.2) is 89.3 Å². The van der Waals surface area contributed by atoms with Gasteiger partial charge in [-0.3, -0.25) is 23.4 Å². The minimum atomic E-state index is -5.44. The number of hydrogen-bond acceptors (Lipinski definition) is 13. The number of aliphatic hydroxyl groups is 4. The zero-order valence-electron chi connectivity index (χ0n) is 18.3. The van der Waals surface area contributed by atoms with Crippen molar-refractivity contribution >= 4 is 15.6 Å². The van der Waals surface area contributed by atoms with Crippen LogP contribution in [0.25, 0.3) is 0 Å². The summed E-state index contributed by atoms with van der Waals surface area (Å²) < 4.78 is 49.0. The first-order chi connectivity index (χ1) is 16.1. The molecule has 0 aliphatic carbocycles. The van der Waals surface area contributed by atoms with E-state index in [0.29, 0.717) is 0 Å². The molecule has 10 atom stereocenters. The Morgan fingerprint density at radius 2 is 1.74 bits per heavy atom. The highest BCUT2D eigenvalue weighted by Crippen LogP contribution is 2.61. The van der Waals surface area contributed by atoms with Crippen LogP contribution in [0.4, 0.5) is 0 Å². The van der Waals surface area contributed by atoms with E-state index in [9.17, 15) is 48.9 Å². The molecule has 0 spiro atoms. The summed E-state index contributed by atoms with van der Waals surface area (Å²) in [5.74, 6) is 0. The normalized spacial score (nSPS) is 37.0. The molecule has 19 heteroatoms. The van der Waals surface area contributed by atoms with E-state index in [1.807, 2.05) is 0 Å². The summed E-state index contributed by atoms with van der Waals surface area (Å²) in [5.41, 5.74) is -1.23. The van der Waals surface area contributed by atoms with E-state index < -0.39 is 82.6 Å². The number of rotatable bonds is 8. The maximum absolute atomic E-state index is 12.2. The van der Waals surface area contributed by atoms with Crippen molar-refractivity contribution < 1.29 is 62.2 Å². The second kappa shape index (κ2) is 10.6. The number of ether oxygens (including phenoxy) is 2. The van der Waals surface area contributed by atoms with Crippen molar-refractivity contribution in [2.45, 2.75) is 69.4 Å². The lowest BCUT2D eigenvalue weighted by atomic mass is 10.0. The highest BCUT2D eigenvalue weighted by Gasteiger charge is 2.47. The molecule has 3 heterocycles. The van der Waals surface area contributed by atoms with E-state index in [4.69, 9.17) is 9.47 Å². The predicted molar refractivity (Wildman–Crippen MR) is 111 cm³/mol. The molecule has 2 fully saturated rings. The first kappa shape index (κ1) is 28.3. The number of phosphoric acid groups is 2. The van der Waals surface area contributed by atoms with Crippen LogP contribution in [0.5, 0.6) is 0 Å². The Bertz CT molecular complexity index is 1120. The number of nitrogens with zero attached hydrogens (tertiary/aromatic N) is 1. The largest absolute Gasteiger partial charge is 0.483 e. The molecule has 2 aliphatic rings. The van der Waals surface area contributed by atoms with Gasteiger partial charge in [0, 0.05) is 18.2 Å². The summed E-state index contributed by atoms with van der Waals surface area (Å²) in [6.45, 7) is 1.88. The van der Waals surface area contributed by atoms with Crippen molar-refractivity contribution in [2.24, 2.45) is 0 Å². The Labute approximate surface area is 196 Å². The van der Waals surface area contributed by atoms with Gasteiger partial charge in [0.2, 0.25) is 0 Å². The minimum Gasteiger partial charge on any atom is -0.390 e. The van der Waals surface area contributed by atoms with Gasteiger partial charge in [-0.2, -0.15) is 4.31 Å². The number of phosphoric ester groups is 2. The highest BCUT2D eigenvalue weighted by atomic mass is 31.3. The summed E-state index contributed by atoms with van der Waals surface area (Å²) in [6, 6.07) is 0. The third-order valence-electron chi connectivity index (χ3n) is 5.31. The van der Waals surface area contributed by atoms with Crippen LogP contribution < -0.4 is 11.2 Å². The number of aliphatic hydroxyl groups excluding tert-OH is 4. The van der Waals surface area contributed by atoms with Gasteiger partial charge in [0.15, 0.2) is 6.29 Å². The van der Waals surface area contributed by atoms with Crippen molar-refractivity contribution in [3.63, 3.8) is 0 Å². The second-order valence-corrected chi connectivity index (χ2v) is 11.0. The molecule has 2 unspecified atom stereocenters. The summed E-state index contributed by atoms with van der Waals surface area (Å²) in [7, 11) is -10.8. The van der Waals surface area contributed by atoms with Crippen molar-refractivity contribution in [1.82, 2.24) is 9.55 Å². The van der Waals surface area contributed by atoms with E-state index in [1.54, 1.807) is 0 Å². The molecule has 2 saturated heterocycles. The zero-order chi connectivity index (χ0) is 26.3. The molecule has 0 bridgehead atoms. The Hall–Kier alpha value is -1.30.